The van der Waals surface area contributed by atoms with E-state index in [1.807, 2.05) is 52.1 Å². The van der Waals surface area contributed by atoms with Crippen LogP contribution in [0.15, 0.2) is 24.3 Å². The normalized spacial score (nSPS) is 20.3. The van der Waals surface area contributed by atoms with Gasteiger partial charge in [-0.2, -0.15) is 5.10 Å². The lowest BCUT2D eigenvalue weighted by molar-refractivity contribution is 0.0795. The summed E-state index contributed by atoms with van der Waals surface area (Å²) in [5.41, 5.74) is 3.46. The van der Waals surface area contributed by atoms with E-state index in [1.54, 1.807) is 4.68 Å². The molecule has 5 nitrogen and oxygen atoms in total. The van der Waals surface area contributed by atoms with Gasteiger partial charge in [-0.3, -0.25) is 9.48 Å². The molecule has 0 spiro atoms. The second-order valence-corrected chi connectivity index (χ2v) is 6.96. The first-order valence-corrected chi connectivity index (χ1v) is 9.00. The molecule has 1 aromatic heterocycles. The SMILES string of the molecule is Cc1ccccc1OC1CCCCC1NC(=O)c1c(C)nn(C)c1C. The Bertz CT molecular complexity index is 766. The molecule has 3 rings (SSSR count). The van der Waals surface area contributed by atoms with Crippen LogP contribution in [-0.2, 0) is 7.05 Å². The molecule has 1 N–H and O–H groups in total. The van der Waals surface area contributed by atoms with Crippen molar-refractivity contribution >= 4 is 5.91 Å². The molecule has 1 saturated carbocycles. The molecule has 2 aromatic rings. The number of hydrogen-bond donors (Lipinski definition) is 1. The summed E-state index contributed by atoms with van der Waals surface area (Å²) in [6, 6.07) is 8.07. The summed E-state index contributed by atoms with van der Waals surface area (Å²) >= 11 is 0. The van der Waals surface area contributed by atoms with E-state index in [0.717, 1.165) is 48.4 Å². The minimum atomic E-state index is -0.0478. The molecule has 0 aliphatic heterocycles. The van der Waals surface area contributed by atoms with Gasteiger partial charge in [0.25, 0.3) is 5.91 Å². The number of carbonyl (C=O) groups excluding carboxylic acids is 1. The molecule has 1 heterocycles. The molecule has 5 heteroatoms. The minimum absolute atomic E-state index is 0.0103. The lowest BCUT2D eigenvalue weighted by Gasteiger charge is -2.33. The van der Waals surface area contributed by atoms with Gasteiger partial charge < -0.3 is 10.1 Å². The van der Waals surface area contributed by atoms with Crippen LogP contribution in [0, 0.1) is 20.8 Å². The van der Waals surface area contributed by atoms with Gasteiger partial charge in [0, 0.05) is 12.7 Å². The van der Waals surface area contributed by atoms with Crippen LogP contribution in [0.25, 0.3) is 0 Å². The number of amides is 1. The summed E-state index contributed by atoms with van der Waals surface area (Å²) in [4.78, 5) is 12.8. The number of para-hydroxylation sites is 1. The quantitative estimate of drug-likeness (QED) is 0.926. The average Bonchev–Trinajstić information content (AvgIpc) is 2.84. The predicted molar refractivity (Wildman–Crippen MR) is 98.0 cm³/mol. The Kier molecular flexibility index (Phi) is 5.11. The third-order valence-electron chi connectivity index (χ3n) is 5.13. The van der Waals surface area contributed by atoms with E-state index in [9.17, 15) is 4.79 Å². The van der Waals surface area contributed by atoms with E-state index in [2.05, 4.69) is 10.4 Å². The van der Waals surface area contributed by atoms with Crippen LogP contribution in [-0.4, -0.2) is 27.8 Å². The van der Waals surface area contributed by atoms with E-state index >= 15 is 0 Å². The van der Waals surface area contributed by atoms with E-state index in [0.29, 0.717) is 5.56 Å². The van der Waals surface area contributed by atoms with Crippen LogP contribution in [0.2, 0.25) is 0 Å². The average molecular weight is 341 g/mol. The first-order chi connectivity index (χ1) is 12.0. The predicted octanol–water partition coefficient (Wildman–Crippen LogP) is 3.47. The molecule has 2 unspecified atom stereocenters. The van der Waals surface area contributed by atoms with Gasteiger partial charge in [0.1, 0.15) is 11.9 Å². The Morgan fingerprint density at radius 3 is 2.60 bits per heavy atom. The van der Waals surface area contributed by atoms with Crippen molar-refractivity contribution in [2.75, 3.05) is 0 Å². The summed E-state index contributed by atoms with van der Waals surface area (Å²) in [7, 11) is 1.86. The fourth-order valence-electron chi connectivity index (χ4n) is 3.60. The number of aromatic nitrogens is 2. The maximum absolute atomic E-state index is 12.8. The standard InChI is InChI=1S/C20H27N3O2/c1-13-9-5-7-11-17(13)25-18-12-8-6-10-16(18)21-20(24)19-14(2)22-23(4)15(19)3/h5,7,9,11,16,18H,6,8,10,12H2,1-4H3,(H,21,24). The van der Waals surface area contributed by atoms with Crippen LogP contribution in [0.3, 0.4) is 0 Å². The third kappa shape index (κ3) is 3.70. The molecule has 0 bridgehead atoms. The molecular formula is C20H27N3O2. The first-order valence-electron chi connectivity index (χ1n) is 9.00. The number of benzene rings is 1. The molecule has 25 heavy (non-hydrogen) atoms. The number of rotatable bonds is 4. The van der Waals surface area contributed by atoms with Crippen molar-refractivity contribution in [3.8, 4) is 5.75 Å². The van der Waals surface area contributed by atoms with Crippen LogP contribution in [0.5, 0.6) is 5.75 Å². The van der Waals surface area contributed by atoms with Crippen LogP contribution in [0.4, 0.5) is 0 Å². The number of nitrogens with zero attached hydrogens (tertiary/aromatic N) is 2. The topological polar surface area (TPSA) is 56.1 Å². The zero-order chi connectivity index (χ0) is 18.0. The van der Waals surface area contributed by atoms with Crippen LogP contribution < -0.4 is 10.1 Å². The van der Waals surface area contributed by atoms with Gasteiger partial charge in [0.2, 0.25) is 0 Å². The minimum Gasteiger partial charge on any atom is -0.488 e. The highest BCUT2D eigenvalue weighted by molar-refractivity contribution is 5.96. The molecule has 1 fully saturated rings. The van der Waals surface area contributed by atoms with Crippen molar-refractivity contribution in [2.24, 2.45) is 7.05 Å². The molecule has 1 amide bonds. The van der Waals surface area contributed by atoms with E-state index < -0.39 is 0 Å². The molecule has 134 valence electrons. The molecule has 1 aliphatic rings. The highest BCUT2D eigenvalue weighted by atomic mass is 16.5. The smallest absolute Gasteiger partial charge is 0.255 e. The molecule has 1 aliphatic carbocycles. The first kappa shape index (κ1) is 17.5. The maximum Gasteiger partial charge on any atom is 0.255 e. The van der Waals surface area contributed by atoms with Crippen molar-refractivity contribution in [3.05, 3.63) is 46.8 Å². The van der Waals surface area contributed by atoms with E-state index in [-0.39, 0.29) is 18.1 Å². The summed E-state index contributed by atoms with van der Waals surface area (Å²) in [6.45, 7) is 5.86. The molecule has 2 atom stereocenters. The third-order valence-corrected chi connectivity index (χ3v) is 5.13. The fourth-order valence-corrected chi connectivity index (χ4v) is 3.60. The second kappa shape index (κ2) is 7.30. The largest absolute Gasteiger partial charge is 0.488 e. The number of hydrogen-bond acceptors (Lipinski definition) is 3. The highest BCUT2D eigenvalue weighted by Crippen LogP contribution is 2.26. The molecule has 1 aromatic carbocycles. The number of aryl methyl sites for hydroxylation is 3. The summed E-state index contributed by atoms with van der Waals surface area (Å²) in [5, 5.41) is 7.55. The Hall–Kier alpha value is -2.30. The van der Waals surface area contributed by atoms with Gasteiger partial charge in [-0.1, -0.05) is 24.6 Å². The number of nitrogens with one attached hydrogen (secondary N) is 1. The Morgan fingerprint density at radius 1 is 1.20 bits per heavy atom. The van der Waals surface area contributed by atoms with Crippen molar-refractivity contribution < 1.29 is 9.53 Å². The number of carbonyl (C=O) groups is 1. The van der Waals surface area contributed by atoms with Crippen molar-refractivity contribution in [1.82, 2.24) is 15.1 Å². The van der Waals surface area contributed by atoms with Crippen LogP contribution in [0.1, 0.15) is 53.0 Å². The summed E-state index contributed by atoms with van der Waals surface area (Å²) in [6.07, 6.45) is 4.17. The van der Waals surface area contributed by atoms with Crippen molar-refractivity contribution in [3.63, 3.8) is 0 Å². The fraction of sp³-hybridized carbons (Fsp3) is 0.500. The Labute approximate surface area is 149 Å². The zero-order valence-electron chi connectivity index (χ0n) is 15.5. The van der Waals surface area contributed by atoms with Gasteiger partial charge >= 0.3 is 0 Å². The van der Waals surface area contributed by atoms with Gasteiger partial charge in [-0.05, 0) is 51.7 Å². The van der Waals surface area contributed by atoms with Gasteiger partial charge in [-0.25, -0.2) is 0 Å². The van der Waals surface area contributed by atoms with Crippen LogP contribution >= 0.6 is 0 Å². The monoisotopic (exact) mass is 341 g/mol. The summed E-state index contributed by atoms with van der Waals surface area (Å²) < 4.78 is 8.02. The van der Waals surface area contributed by atoms with Crippen molar-refractivity contribution in [1.29, 1.82) is 0 Å². The van der Waals surface area contributed by atoms with E-state index in [1.165, 1.54) is 0 Å². The number of ether oxygens (including phenoxy) is 1. The van der Waals surface area contributed by atoms with E-state index in [4.69, 9.17) is 4.74 Å². The molecule has 0 saturated heterocycles. The van der Waals surface area contributed by atoms with Gasteiger partial charge in [0.15, 0.2) is 0 Å². The molecular weight excluding hydrogens is 314 g/mol. The Balaban J connectivity index is 1.75. The Morgan fingerprint density at radius 2 is 1.92 bits per heavy atom. The zero-order valence-corrected chi connectivity index (χ0v) is 15.5. The lowest BCUT2D eigenvalue weighted by atomic mass is 9.92. The van der Waals surface area contributed by atoms with Crippen molar-refractivity contribution in [2.45, 2.75) is 58.6 Å². The summed E-state index contributed by atoms with van der Waals surface area (Å²) in [5.74, 6) is 0.857. The van der Waals surface area contributed by atoms with Gasteiger partial charge in [0.05, 0.1) is 17.3 Å². The lowest BCUT2D eigenvalue weighted by Crippen LogP contribution is -2.48. The maximum atomic E-state index is 12.8. The molecule has 0 radical (unpaired) electrons. The highest BCUT2D eigenvalue weighted by Gasteiger charge is 2.30. The van der Waals surface area contributed by atoms with Gasteiger partial charge in [-0.15, -0.1) is 0 Å². The second-order valence-electron chi connectivity index (χ2n) is 6.96.